The number of halogens is 1. The topological polar surface area (TPSA) is 60.1 Å². The van der Waals surface area contributed by atoms with Crippen molar-refractivity contribution >= 4 is 5.91 Å². The minimum absolute atomic E-state index is 0.208. The van der Waals surface area contributed by atoms with Crippen molar-refractivity contribution in [2.24, 2.45) is 0 Å². The van der Waals surface area contributed by atoms with E-state index >= 15 is 0 Å². The Bertz CT molecular complexity index is 807. The van der Waals surface area contributed by atoms with E-state index in [0.717, 1.165) is 16.9 Å². The van der Waals surface area contributed by atoms with Crippen molar-refractivity contribution in [1.82, 2.24) is 15.1 Å². The van der Waals surface area contributed by atoms with E-state index in [2.05, 4.69) is 10.4 Å². The highest BCUT2D eigenvalue weighted by atomic mass is 19.1. The Hall–Kier alpha value is -2.89. The SMILES string of the molecule is Cc1c(C(C)NC(=O)c2ccoc2)cnn1-c1ccc(F)cc1. The van der Waals surface area contributed by atoms with Crippen molar-refractivity contribution < 1.29 is 13.6 Å². The Balaban J connectivity index is 1.81. The number of furan rings is 1. The summed E-state index contributed by atoms with van der Waals surface area (Å²) in [5, 5.41) is 7.23. The summed E-state index contributed by atoms with van der Waals surface area (Å²) in [7, 11) is 0. The van der Waals surface area contributed by atoms with Crippen molar-refractivity contribution in [2.75, 3.05) is 0 Å². The molecule has 6 heteroatoms. The maximum absolute atomic E-state index is 13.0. The molecule has 0 fully saturated rings. The fourth-order valence-corrected chi connectivity index (χ4v) is 2.44. The maximum atomic E-state index is 13.0. The highest BCUT2D eigenvalue weighted by molar-refractivity contribution is 5.94. The predicted molar refractivity (Wildman–Crippen MR) is 82.8 cm³/mol. The van der Waals surface area contributed by atoms with Gasteiger partial charge in [-0.15, -0.1) is 0 Å². The van der Waals surface area contributed by atoms with Gasteiger partial charge in [-0.25, -0.2) is 9.07 Å². The van der Waals surface area contributed by atoms with E-state index in [0.29, 0.717) is 5.56 Å². The third kappa shape index (κ3) is 3.01. The second-order valence-corrected chi connectivity index (χ2v) is 5.28. The first-order valence-corrected chi connectivity index (χ1v) is 7.20. The van der Waals surface area contributed by atoms with Crippen molar-refractivity contribution in [2.45, 2.75) is 19.9 Å². The number of benzene rings is 1. The molecule has 0 saturated carbocycles. The van der Waals surface area contributed by atoms with Crippen LogP contribution in [-0.2, 0) is 0 Å². The van der Waals surface area contributed by atoms with E-state index in [4.69, 9.17) is 4.42 Å². The monoisotopic (exact) mass is 313 g/mol. The zero-order valence-corrected chi connectivity index (χ0v) is 12.8. The van der Waals surface area contributed by atoms with E-state index in [1.807, 2.05) is 13.8 Å². The van der Waals surface area contributed by atoms with Gasteiger partial charge in [-0.1, -0.05) is 0 Å². The van der Waals surface area contributed by atoms with Gasteiger partial charge in [-0.3, -0.25) is 4.79 Å². The maximum Gasteiger partial charge on any atom is 0.255 e. The van der Waals surface area contributed by atoms with Crippen LogP contribution < -0.4 is 5.32 Å². The van der Waals surface area contributed by atoms with Crippen LogP contribution >= 0.6 is 0 Å². The molecule has 1 N–H and O–H groups in total. The van der Waals surface area contributed by atoms with E-state index in [-0.39, 0.29) is 17.8 Å². The standard InChI is InChI=1S/C17H16FN3O2/c1-11(20-17(22)13-7-8-23-10-13)16-9-19-21(12(16)2)15-5-3-14(18)4-6-15/h3-11H,1-2H3,(H,20,22). The predicted octanol–water partition coefficient (Wildman–Crippen LogP) is 3.40. The minimum Gasteiger partial charge on any atom is -0.472 e. The van der Waals surface area contributed by atoms with Crippen LogP contribution in [0.4, 0.5) is 4.39 Å². The third-order valence-electron chi connectivity index (χ3n) is 3.72. The molecule has 1 amide bonds. The van der Waals surface area contributed by atoms with Gasteiger partial charge in [0, 0.05) is 11.3 Å². The lowest BCUT2D eigenvalue weighted by molar-refractivity contribution is 0.0939. The average molecular weight is 313 g/mol. The first-order chi connectivity index (χ1) is 11.1. The van der Waals surface area contributed by atoms with Gasteiger partial charge < -0.3 is 9.73 Å². The summed E-state index contributed by atoms with van der Waals surface area (Å²) in [5.41, 5.74) is 3.02. The summed E-state index contributed by atoms with van der Waals surface area (Å²) in [4.78, 5) is 12.1. The van der Waals surface area contributed by atoms with Crippen molar-refractivity contribution in [3.8, 4) is 5.69 Å². The number of rotatable bonds is 4. The van der Waals surface area contributed by atoms with Crippen molar-refractivity contribution in [3.05, 3.63) is 71.7 Å². The molecule has 2 aromatic heterocycles. The largest absolute Gasteiger partial charge is 0.472 e. The molecule has 0 saturated heterocycles. The Morgan fingerprint density at radius 2 is 2.04 bits per heavy atom. The number of amides is 1. The lowest BCUT2D eigenvalue weighted by atomic mass is 10.1. The van der Waals surface area contributed by atoms with Crippen LogP contribution in [0.3, 0.4) is 0 Å². The number of nitrogens with zero attached hydrogens (tertiary/aromatic N) is 2. The molecule has 0 spiro atoms. The van der Waals surface area contributed by atoms with Gasteiger partial charge in [0.15, 0.2) is 0 Å². The van der Waals surface area contributed by atoms with E-state index in [1.165, 1.54) is 24.7 Å². The van der Waals surface area contributed by atoms with Gasteiger partial charge >= 0.3 is 0 Å². The number of aromatic nitrogens is 2. The number of nitrogens with one attached hydrogen (secondary N) is 1. The van der Waals surface area contributed by atoms with Gasteiger partial charge in [-0.05, 0) is 44.2 Å². The highest BCUT2D eigenvalue weighted by Gasteiger charge is 2.17. The van der Waals surface area contributed by atoms with Gasteiger partial charge in [-0.2, -0.15) is 5.10 Å². The molecule has 0 aliphatic carbocycles. The lowest BCUT2D eigenvalue weighted by Crippen LogP contribution is -2.26. The van der Waals surface area contributed by atoms with E-state index in [9.17, 15) is 9.18 Å². The number of hydrogen-bond donors (Lipinski definition) is 1. The summed E-state index contributed by atoms with van der Waals surface area (Å²) >= 11 is 0. The number of hydrogen-bond acceptors (Lipinski definition) is 3. The zero-order chi connectivity index (χ0) is 16.4. The molecule has 118 valence electrons. The summed E-state index contributed by atoms with van der Waals surface area (Å²) in [5.74, 6) is -0.500. The summed E-state index contributed by atoms with van der Waals surface area (Å²) in [6.07, 6.45) is 4.56. The third-order valence-corrected chi connectivity index (χ3v) is 3.72. The molecule has 3 rings (SSSR count). The molecule has 1 unspecified atom stereocenters. The highest BCUT2D eigenvalue weighted by Crippen LogP contribution is 2.20. The number of carbonyl (C=O) groups excluding carboxylic acids is 1. The van der Waals surface area contributed by atoms with Crippen LogP contribution in [0.15, 0.2) is 53.5 Å². The fourth-order valence-electron chi connectivity index (χ4n) is 2.44. The smallest absolute Gasteiger partial charge is 0.255 e. The molecule has 3 aromatic rings. The Morgan fingerprint density at radius 3 is 2.70 bits per heavy atom. The second kappa shape index (κ2) is 6.08. The van der Waals surface area contributed by atoms with Crippen LogP contribution in [-0.4, -0.2) is 15.7 Å². The lowest BCUT2D eigenvalue weighted by Gasteiger charge is -2.13. The quantitative estimate of drug-likeness (QED) is 0.803. The van der Waals surface area contributed by atoms with Crippen LogP contribution in [0.1, 0.15) is 34.6 Å². The van der Waals surface area contributed by atoms with Crippen LogP contribution in [0.25, 0.3) is 5.69 Å². The van der Waals surface area contributed by atoms with Crippen LogP contribution in [0.5, 0.6) is 0 Å². The van der Waals surface area contributed by atoms with Gasteiger partial charge in [0.05, 0.1) is 29.8 Å². The van der Waals surface area contributed by atoms with Gasteiger partial charge in [0.1, 0.15) is 12.1 Å². The van der Waals surface area contributed by atoms with Gasteiger partial charge in [0.25, 0.3) is 5.91 Å². The van der Waals surface area contributed by atoms with Gasteiger partial charge in [0.2, 0.25) is 0 Å². The molecule has 0 aliphatic heterocycles. The van der Waals surface area contributed by atoms with Crippen LogP contribution in [0, 0.1) is 12.7 Å². The fraction of sp³-hybridized carbons (Fsp3) is 0.176. The minimum atomic E-state index is -0.292. The molecule has 0 aliphatic rings. The molecular weight excluding hydrogens is 297 g/mol. The molecule has 5 nitrogen and oxygen atoms in total. The Labute approximate surface area is 132 Å². The zero-order valence-electron chi connectivity index (χ0n) is 12.8. The molecule has 2 heterocycles. The average Bonchev–Trinajstić information content (AvgIpc) is 3.18. The molecule has 23 heavy (non-hydrogen) atoms. The molecular formula is C17H16FN3O2. The second-order valence-electron chi connectivity index (χ2n) is 5.28. The summed E-state index contributed by atoms with van der Waals surface area (Å²) in [6.45, 7) is 3.79. The van der Waals surface area contributed by atoms with Crippen molar-refractivity contribution in [1.29, 1.82) is 0 Å². The first kappa shape index (κ1) is 15.0. The number of carbonyl (C=O) groups is 1. The Kier molecular flexibility index (Phi) is 3.97. The first-order valence-electron chi connectivity index (χ1n) is 7.20. The van der Waals surface area contributed by atoms with Crippen molar-refractivity contribution in [3.63, 3.8) is 0 Å². The molecule has 0 bridgehead atoms. The molecule has 0 radical (unpaired) electrons. The molecule has 1 aromatic carbocycles. The summed E-state index contributed by atoms with van der Waals surface area (Å²) < 4.78 is 19.7. The van der Waals surface area contributed by atoms with E-state index < -0.39 is 0 Å². The Morgan fingerprint density at radius 1 is 1.30 bits per heavy atom. The summed E-state index contributed by atoms with van der Waals surface area (Å²) in [6, 6.07) is 7.49. The van der Waals surface area contributed by atoms with Crippen LogP contribution in [0.2, 0.25) is 0 Å². The normalized spacial score (nSPS) is 12.1. The molecule has 1 atom stereocenters. The van der Waals surface area contributed by atoms with E-state index in [1.54, 1.807) is 29.1 Å².